The Kier molecular flexibility index (Phi) is 11.1. The molecule has 1 N–H and O–H groups in total. The first kappa shape index (κ1) is 24.7. The Labute approximate surface area is 162 Å². The first-order chi connectivity index (χ1) is 12.6. The van der Waals surface area contributed by atoms with Gasteiger partial charge >= 0.3 is 12.1 Å². The van der Waals surface area contributed by atoms with E-state index in [0.717, 1.165) is 25.7 Å². The lowest BCUT2D eigenvalue weighted by atomic mass is 10.1. The third-order valence-corrected chi connectivity index (χ3v) is 3.87. The van der Waals surface area contributed by atoms with Crippen LogP contribution in [0.2, 0.25) is 0 Å². The third-order valence-electron chi connectivity index (χ3n) is 3.87. The standard InChI is InChI=1S/C10H15NO3.C10H19NO2/c1-3-4-8-5-6-9(10(13)14-2)11(8)7-12;1-6-7-8(2)11-9(12)13-10(3,4)5/h3,7-9H,1,4-6H2,2H3;6,8H,1,7H2,2-5H3,(H,11,12). The Bertz CT molecular complexity index is 513. The van der Waals surface area contributed by atoms with Crippen LogP contribution in [0.15, 0.2) is 25.3 Å². The molecule has 0 aromatic carbocycles. The van der Waals surface area contributed by atoms with Crippen molar-refractivity contribution in [1.29, 1.82) is 0 Å². The summed E-state index contributed by atoms with van der Waals surface area (Å²) in [5.74, 6) is -0.330. The van der Waals surface area contributed by atoms with Crippen LogP contribution in [0, 0.1) is 0 Å². The third kappa shape index (κ3) is 9.82. The Morgan fingerprint density at radius 3 is 2.33 bits per heavy atom. The molecule has 1 fully saturated rings. The smallest absolute Gasteiger partial charge is 0.407 e. The topological polar surface area (TPSA) is 84.9 Å². The van der Waals surface area contributed by atoms with E-state index < -0.39 is 11.6 Å². The van der Waals surface area contributed by atoms with Gasteiger partial charge in [-0.05, 0) is 53.4 Å². The van der Waals surface area contributed by atoms with Gasteiger partial charge in [0.15, 0.2) is 0 Å². The number of alkyl carbamates (subject to hydrolysis) is 1. The lowest BCUT2D eigenvalue weighted by molar-refractivity contribution is -0.148. The number of hydrogen-bond donors (Lipinski definition) is 1. The van der Waals surface area contributed by atoms with Gasteiger partial charge in [-0.15, -0.1) is 13.2 Å². The van der Waals surface area contributed by atoms with Gasteiger partial charge in [-0.2, -0.15) is 0 Å². The molecule has 0 aliphatic carbocycles. The summed E-state index contributed by atoms with van der Waals surface area (Å²) >= 11 is 0. The van der Waals surface area contributed by atoms with Crippen LogP contribution >= 0.6 is 0 Å². The lowest BCUT2D eigenvalue weighted by Gasteiger charge is -2.23. The van der Waals surface area contributed by atoms with Crippen molar-refractivity contribution in [2.75, 3.05) is 7.11 Å². The zero-order chi connectivity index (χ0) is 21.0. The molecule has 1 rings (SSSR count). The molecule has 7 nitrogen and oxygen atoms in total. The molecule has 0 aromatic heterocycles. The zero-order valence-corrected chi connectivity index (χ0v) is 17.2. The highest BCUT2D eigenvalue weighted by molar-refractivity contribution is 5.78. The van der Waals surface area contributed by atoms with Crippen LogP contribution < -0.4 is 5.32 Å². The highest BCUT2D eigenvalue weighted by atomic mass is 16.6. The SMILES string of the molecule is C=CCC(C)NC(=O)OC(C)(C)C.C=CCC1CCC(C(=O)OC)N1C=O. The van der Waals surface area contributed by atoms with Gasteiger partial charge in [-0.3, -0.25) is 4.79 Å². The second-order valence-corrected chi connectivity index (χ2v) is 7.42. The van der Waals surface area contributed by atoms with Gasteiger partial charge in [0.25, 0.3) is 0 Å². The van der Waals surface area contributed by atoms with Gasteiger partial charge in [0.1, 0.15) is 11.6 Å². The molecule has 3 atom stereocenters. The van der Waals surface area contributed by atoms with Gasteiger partial charge < -0.3 is 19.7 Å². The van der Waals surface area contributed by atoms with Gasteiger partial charge in [0.2, 0.25) is 6.41 Å². The molecule has 1 aliphatic heterocycles. The normalized spacial score (nSPS) is 19.8. The fourth-order valence-corrected chi connectivity index (χ4v) is 2.69. The summed E-state index contributed by atoms with van der Waals surface area (Å²) < 4.78 is 9.70. The van der Waals surface area contributed by atoms with Crippen LogP contribution in [0.1, 0.15) is 53.4 Å². The number of nitrogens with zero attached hydrogens (tertiary/aromatic N) is 1. The minimum absolute atomic E-state index is 0.0762. The molecular formula is C20H34N2O5. The molecule has 0 saturated carbocycles. The van der Waals surface area contributed by atoms with Crippen LogP contribution in [0.3, 0.4) is 0 Å². The maximum atomic E-state index is 11.3. The van der Waals surface area contributed by atoms with Crippen molar-refractivity contribution < 1.29 is 23.9 Å². The predicted octanol–water partition coefficient (Wildman–Crippen LogP) is 3.20. The van der Waals surface area contributed by atoms with E-state index in [1.54, 1.807) is 12.2 Å². The molecule has 3 unspecified atom stereocenters. The zero-order valence-electron chi connectivity index (χ0n) is 17.2. The second-order valence-electron chi connectivity index (χ2n) is 7.42. The Balaban J connectivity index is 0.000000503. The van der Waals surface area contributed by atoms with Crippen molar-refractivity contribution in [2.24, 2.45) is 0 Å². The van der Waals surface area contributed by atoms with Crippen molar-refractivity contribution in [2.45, 2.75) is 77.1 Å². The van der Waals surface area contributed by atoms with Crippen LogP contribution in [-0.2, 0) is 19.1 Å². The first-order valence-electron chi connectivity index (χ1n) is 9.11. The molecule has 0 aromatic rings. The largest absolute Gasteiger partial charge is 0.467 e. The molecule has 1 aliphatic rings. The lowest BCUT2D eigenvalue weighted by Crippen LogP contribution is -2.40. The van der Waals surface area contributed by atoms with E-state index in [2.05, 4.69) is 23.2 Å². The molecule has 1 heterocycles. The van der Waals surface area contributed by atoms with Crippen LogP contribution in [0.25, 0.3) is 0 Å². The highest BCUT2D eigenvalue weighted by Crippen LogP contribution is 2.25. The maximum absolute atomic E-state index is 11.3. The number of nitrogens with one attached hydrogen (secondary N) is 1. The molecule has 2 amide bonds. The molecular weight excluding hydrogens is 348 g/mol. The van der Waals surface area contributed by atoms with Crippen molar-refractivity contribution in [3.63, 3.8) is 0 Å². The number of hydrogen-bond acceptors (Lipinski definition) is 5. The summed E-state index contributed by atoms with van der Waals surface area (Å²) in [5, 5.41) is 2.70. The van der Waals surface area contributed by atoms with E-state index in [1.807, 2.05) is 27.7 Å². The summed E-state index contributed by atoms with van der Waals surface area (Å²) in [6.45, 7) is 14.6. The van der Waals surface area contributed by atoms with Crippen molar-refractivity contribution in [3.05, 3.63) is 25.3 Å². The Morgan fingerprint density at radius 1 is 1.26 bits per heavy atom. The number of ether oxygens (including phenoxy) is 2. The number of likely N-dealkylation sites (tertiary alicyclic amines) is 1. The van der Waals surface area contributed by atoms with Gasteiger partial charge in [0.05, 0.1) is 7.11 Å². The number of rotatable bonds is 7. The van der Waals surface area contributed by atoms with Crippen LogP contribution in [0.4, 0.5) is 4.79 Å². The monoisotopic (exact) mass is 382 g/mol. The molecule has 1 saturated heterocycles. The summed E-state index contributed by atoms with van der Waals surface area (Å²) in [6.07, 6.45) is 6.88. The van der Waals surface area contributed by atoms with E-state index in [9.17, 15) is 14.4 Å². The van der Waals surface area contributed by atoms with Crippen molar-refractivity contribution in [3.8, 4) is 0 Å². The molecule has 7 heteroatoms. The van der Waals surface area contributed by atoms with Crippen LogP contribution in [-0.4, -0.2) is 54.2 Å². The minimum atomic E-state index is -0.433. The summed E-state index contributed by atoms with van der Waals surface area (Å²) in [5.41, 5.74) is -0.433. The van der Waals surface area contributed by atoms with Gasteiger partial charge in [0, 0.05) is 12.1 Å². The number of esters is 1. The van der Waals surface area contributed by atoms with E-state index in [-0.39, 0.29) is 24.1 Å². The van der Waals surface area contributed by atoms with Crippen LogP contribution in [0.5, 0.6) is 0 Å². The van der Waals surface area contributed by atoms with Gasteiger partial charge in [-0.25, -0.2) is 9.59 Å². The minimum Gasteiger partial charge on any atom is -0.467 e. The van der Waals surface area contributed by atoms with E-state index in [0.29, 0.717) is 6.42 Å². The Hall–Kier alpha value is -2.31. The average molecular weight is 383 g/mol. The fourth-order valence-electron chi connectivity index (χ4n) is 2.69. The number of methoxy groups -OCH3 is 1. The summed E-state index contributed by atoms with van der Waals surface area (Å²) in [4.78, 5) is 34.8. The van der Waals surface area contributed by atoms with Gasteiger partial charge in [-0.1, -0.05) is 12.2 Å². The van der Waals surface area contributed by atoms with E-state index in [4.69, 9.17) is 4.74 Å². The molecule has 0 radical (unpaired) electrons. The Morgan fingerprint density at radius 2 is 1.89 bits per heavy atom. The van der Waals surface area contributed by atoms with Crippen molar-refractivity contribution >= 4 is 18.5 Å². The molecule has 154 valence electrons. The first-order valence-corrected chi connectivity index (χ1v) is 9.11. The second kappa shape index (κ2) is 12.1. The number of carbonyl (C=O) groups is 3. The van der Waals surface area contributed by atoms with E-state index in [1.165, 1.54) is 12.0 Å². The summed E-state index contributed by atoms with van der Waals surface area (Å²) in [7, 11) is 1.34. The highest BCUT2D eigenvalue weighted by Gasteiger charge is 2.36. The molecule has 0 spiro atoms. The maximum Gasteiger partial charge on any atom is 0.407 e. The number of carbonyl (C=O) groups excluding carboxylic acids is 3. The summed E-state index contributed by atoms with van der Waals surface area (Å²) in [6, 6.07) is -0.219. The predicted molar refractivity (Wildman–Crippen MR) is 105 cm³/mol. The average Bonchev–Trinajstić information content (AvgIpc) is 2.96. The van der Waals surface area contributed by atoms with Crippen molar-refractivity contribution in [1.82, 2.24) is 10.2 Å². The quantitative estimate of drug-likeness (QED) is 0.415. The number of amides is 2. The molecule has 27 heavy (non-hydrogen) atoms. The fraction of sp³-hybridized carbons (Fsp3) is 0.650. The molecule has 0 bridgehead atoms. The van der Waals surface area contributed by atoms with E-state index >= 15 is 0 Å².